The fourth-order valence-electron chi connectivity index (χ4n) is 2.89. The van der Waals surface area contributed by atoms with Crippen molar-refractivity contribution in [2.45, 2.75) is 32.8 Å². The molecule has 7 nitrogen and oxygen atoms in total. The minimum Gasteiger partial charge on any atom is -0.376 e. The second-order valence-corrected chi connectivity index (χ2v) is 6.04. The highest BCUT2D eigenvalue weighted by Gasteiger charge is 2.21. The van der Waals surface area contributed by atoms with Crippen LogP contribution in [0.4, 0.5) is 5.69 Å². The molecule has 0 spiro atoms. The van der Waals surface area contributed by atoms with Crippen molar-refractivity contribution in [1.29, 1.82) is 0 Å². The first-order chi connectivity index (χ1) is 12.1. The van der Waals surface area contributed by atoms with Crippen LogP contribution in [-0.4, -0.2) is 36.2 Å². The molecule has 132 valence electrons. The van der Waals surface area contributed by atoms with Gasteiger partial charge in [-0.05, 0) is 38.8 Å². The summed E-state index contributed by atoms with van der Waals surface area (Å²) >= 11 is 0. The minimum absolute atomic E-state index is 0.0630. The molecule has 0 bridgehead atoms. The Morgan fingerprint density at radius 1 is 1.24 bits per heavy atom. The van der Waals surface area contributed by atoms with Gasteiger partial charge in [0.15, 0.2) is 0 Å². The Morgan fingerprint density at radius 2 is 2.04 bits per heavy atom. The van der Waals surface area contributed by atoms with Crippen LogP contribution in [0.2, 0.25) is 0 Å². The van der Waals surface area contributed by atoms with E-state index in [4.69, 9.17) is 9.26 Å². The van der Waals surface area contributed by atoms with E-state index in [1.807, 2.05) is 0 Å². The van der Waals surface area contributed by atoms with Gasteiger partial charge in [0.05, 0.1) is 23.0 Å². The maximum atomic E-state index is 12.5. The van der Waals surface area contributed by atoms with Gasteiger partial charge >= 0.3 is 0 Å². The van der Waals surface area contributed by atoms with Gasteiger partial charge in [-0.15, -0.1) is 0 Å². The summed E-state index contributed by atoms with van der Waals surface area (Å²) in [5.74, 6) is -0.156. The summed E-state index contributed by atoms with van der Waals surface area (Å²) < 4.78 is 10.5. The minimum atomic E-state index is -0.351. The number of ether oxygens (including phenoxy) is 1. The number of para-hydroxylation sites is 1. The third-order valence-electron chi connectivity index (χ3n) is 4.19. The van der Waals surface area contributed by atoms with Crippen LogP contribution in [0.3, 0.4) is 0 Å². The molecular formula is C18H21N3O4. The van der Waals surface area contributed by atoms with Crippen molar-refractivity contribution in [1.82, 2.24) is 10.5 Å². The van der Waals surface area contributed by atoms with E-state index in [2.05, 4.69) is 15.8 Å². The molecule has 0 aliphatic carbocycles. The number of aryl methyl sites for hydroxylation is 2. The molecule has 1 aromatic heterocycles. The number of nitrogens with one attached hydrogen (secondary N) is 2. The van der Waals surface area contributed by atoms with Crippen LogP contribution in [0.15, 0.2) is 28.8 Å². The Morgan fingerprint density at radius 3 is 2.72 bits per heavy atom. The number of hydrogen-bond donors (Lipinski definition) is 2. The molecule has 3 rings (SSSR count). The summed E-state index contributed by atoms with van der Waals surface area (Å²) in [5, 5.41) is 9.42. The number of rotatable bonds is 5. The normalized spacial score (nSPS) is 16.6. The van der Waals surface area contributed by atoms with E-state index in [0.29, 0.717) is 34.8 Å². The second-order valence-electron chi connectivity index (χ2n) is 6.04. The molecule has 1 fully saturated rings. The smallest absolute Gasteiger partial charge is 0.261 e. The first-order valence-corrected chi connectivity index (χ1v) is 8.29. The summed E-state index contributed by atoms with van der Waals surface area (Å²) in [5.41, 5.74) is 1.74. The lowest BCUT2D eigenvalue weighted by Gasteiger charge is -2.13. The predicted molar refractivity (Wildman–Crippen MR) is 91.7 cm³/mol. The Labute approximate surface area is 145 Å². The van der Waals surface area contributed by atoms with E-state index >= 15 is 0 Å². The van der Waals surface area contributed by atoms with E-state index in [1.165, 1.54) is 0 Å². The summed E-state index contributed by atoms with van der Waals surface area (Å²) in [6, 6.07) is 6.89. The maximum Gasteiger partial charge on any atom is 0.261 e. The molecule has 1 atom stereocenters. The molecular weight excluding hydrogens is 322 g/mol. The molecule has 2 amide bonds. The van der Waals surface area contributed by atoms with Crippen LogP contribution in [-0.2, 0) is 4.74 Å². The maximum absolute atomic E-state index is 12.5. The van der Waals surface area contributed by atoms with Crippen molar-refractivity contribution >= 4 is 17.5 Å². The zero-order valence-corrected chi connectivity index (χ0v) is 14.3. The monoisotopic (exact) mass is 343 g/mol. The third-order valence-corrected chi connectivity index (χ3v) is 4.19. The fraction of sp³-hybridized carbons (Fsp3) is 0.389. The fourth-order valence-corrected chi connectivity index (χ4v) is 2.89. The van der Waals surface area contributed by atoms with Gasteiger partial charge in [0.2, 0.25) is 0 Å². The lowest BCUT2D eigenvalue weighted by Crippen LogP contribution is -2.32. The lowest BCUT2D eigenvalue weighted by atomic mass is 10.1. The Kier molecular flexibility index (Phi) is 5.14. The average Bonchev–Trinajstić information content (AvgIpc) is 3.23. The van der Waals surface area contributed by atoms with E-state index in [9.17, 15) is 9.59 Å². The zero-order valence-electron chi connectivity index (χ0n) is 14.3. The summed E-state index contributed by atoms with van der Waals surface area (Å²) in [7, 11) is 0. The van der Waals surface area contributed by atoms with Gasteiger partial charge in [-0.3, -0.25) is 9.59 Å². The molecule has 1 aliphatic rings. The highest BCUT2D eigenvalue weighted by atomic mass is 16.5. The summed E-state index contributed by atoms with van der Waals surface area (Å²) in [4.78, 5) is 25.0. The molecule has 1 aliphatic heterocycles. The van der Waals surface area contributed by atoms with Gasteiger partial charge < -0.3 is 19.9 Å². The van der Waals surface area contributed by atoms with E-state index in [-0.39, 0.29) is 17.9 Å². The van der Waals surface area contributed by atoms with Crippen molar-refractivity contribution in [3.63, 3.8) is 0 Å². The van der Waals surface area contributed by atoms with Crippen LogP contribution in [0, 0.1) is 13.8 Å². The Hall–Kier alpha value is -2.67. The number of aromatic nitrogens is 1. The molecule has 0 radical (unpaired) electrons. The van der Waals surface area contributed by atoms with Gasteiger partial charge in [-0.1, -0.05) is 17.3 Å². The number of anilines is 1. The molecule has 25 heavy (non-hydrogen) atoms. The second kappa shape index (κ2) is 7.48. The highest BCUT2D eigenvalue weighted by molar-refractivity contribution is 6.09. The Bertz CT molecular complexity index is 759. The topological polar surface area (TPSA) is 93.5 Å². The van der Waals surface area contributed by atoms with Crippen LogP contribution in [0.5, 0.6) is 0 Å². The summed E-state index contributed by atoms with van der Waals surface area (Å²) in [6.45, 7) is 4.58. The van der Waals surface area contributed by atoms with E-state index < -0.39 is 0 Å². The van der Waals surface area contributed by atoms with Gasteiger partial charge in [0, 0.05) is 13.2 Å². The van der Waals surface area contributed by atoms with Crippen molar-refractivity contribution in [2.75, 3.05) is 18.5 Å². The lowest BCUT2D eigenvalue weighted by molar-refractivity contribution is 0.0858. The summed E-state index contributed by atoms with van der Waals surface area (Å²) in [6.07, 6.45) is 2.03. The van der Waals surface area contributed by atoms with Gasteiger partial charge in [0.1, 0.15) is 11.3 Å². The van der Waals surface area contributed by atoms with Crippen LogP contribution >= 0.6 is 0 Å². The molecule has 0 saturated carbocycles. The first kappa shape index (κ1) is 17.2. The zero-order chi connectivity index (χ0) is 17.8. The van der Waals surface area contributed by atoms with Crippen LogP contribution in [0.1, 0.15) is 45.0 Å². The number of amides is 2. The third kappa shape index (κ3) is 3.88. The number of hydrogen-bond acceptors (Lipinski definition) is 5. The van der Waals surface area contributed by atoms with Crippen molar-refractivity contribution in [2.24, 2.45) is 0 Å². The van der Waals surface area contributed by atoms with Gasteiger partial charge in [0.25, 0.3) is 11.8 Å². The Balaban J connectivity index is 1.72. The van der Waals surface area contributed by atoms with Crippen LogP contribution < -0.4 is 10.6 Å². The van der Waals surface area contributed by atoms with Crippen molar-refractivity contribution in [3.05, 3.63) is 46.8 Å². The van der Waals surface area contributed by atoms with Crippen molar-refractivity contribution in [3.8, 4) is 0 Å². The molecule has 2 N–H and O–H groups in total. The number of benzene rings is 1. The molecule has 2 heterocycles. The highest BCUT2D eigenvalue weighted by Crippen LogP contribution is 2.19. The van der Waals surface area contributed by atoms with Crippen molar-refractivity contribution < 1.29 is 18.8 Å². The van der Waals surface area contributed by atoms with Gasteiger partial charge in [-0.25, -0.2) is 0 Å². The van der Waals surface area contributed by atoms with E-state index in [1.54, 1.807) is 38.1 Å². The molecule has 7 heteroatoms. The van der Waals surface area contributed by atoms with E-state index in [0.717, 1.165) is 19.4 Å². The molecule has 2 aromatic rings. The predicted octanol–water partition coefficient (Wildman–Crippen LogP) is 2.45. The molecule has 1 aromatic carbocycles. The first-order valence-electron chi connectivity index (χ1n) is 8.29. The average molecular weight is 343 g/mol. The standard InChI is InChI=1S/C18H21N3O4/c1-11-16(12(2)25-21-11)18(23)20-15-8-4-3-7-14(15)17(22)19-10-13-6-5-9-24-13/h3-4,7-8,13H,5-6,9-10H2,1-2H3,(H,19,22)(H,20,23)/t13-/m0/s1. The largest absolute Gasteiger partial charge is 0.376 e. The van der Waals surface area contributed by atoms with Crippen LogP contribution in [0.25, 0.3) is 0 Å². The number of nitrogens with zero attached hydrogens (tertiary/aromatic N) is 1. The SMILES string of the molecule is Cc1noc(C)c1C(=O)Nc1ccccc1C(=O)NC[C@@H]1CCCO1. The quantitative estimate of drug-likeness (QED) is 0.870. The molecule has 1 saturated heterocycles. The van der Waals surface area contributed by atoms with Gasteiger partial charge in [-0.2, -0.15) is 0 Å². The number of carbonyl (C=O) groups excluding carboxylic acids is 2. The molecule has 0 unspecified atom stereocenters. The number of carbonyl (C=O) groups is 2.